The van der Waals surface area contributed by atoms with Gasteiger partial charge < -0.3 is 9.79 Å². The highest BCUT2D eigenvalue weighted by molar-refractivity contribution is 7.45. The van der Waals surface area contributed by atoms with E-state index in [0.717, 1.165) is 0 Å². The molecule has 0 aromatic carbocycles. The van der Waals surface area contributed by atoms with Gasteiger partial charge in [-0.25, -0.2) is 0 Å². The van der Waals surface area contributed by atoms with Crippen LogP contribution in [-0.2, 0) is 0 Å². The van der Waals surface area contributed by atoms with Crippen molar-refractivity contribution in [1.29, 1.82) is 0 Å². The Kier molecular flexibility index (Phi) is 2.66. The van der Waals surface area contributed by atoms with Crippen LogP contribution in [0, 0.1) is 0 Å². The number of hydrogen-bond acceptors (Lipinski definition) is 2. The van der Waals surface area contributed by atoms with Gasteiger partial charge in [0.2, 0.25) is 0 Å². The van der Waals surface area contributed by atoms with Crippen LogP contribution in [0.15, 0.2) is 0 Å². The van der Waals surface area contributed by atoms with Crippen molar-refractivity contribution in [3.8, 4) is 0 Å². The summed E-state index contributed by atoms with van der Waals surface area (Å²) in [4.78, 5) is 16.5. The van der Waals surface area contributed by atoms with Crippen molar-refractivity contribution >= 4 is 8.38 Å². The minimum absolute atomic E-state index is 0.0278. The van der Waals surface area contributed by atoms with Crippen LogP contribution in [0.5, 0.6) is 0 Å². The SMILES string of the molecule is CC(C)P(O)O. The van der Waals surface area contributed by atoms with Gasteiger partial charge in [-0.05, 0) is 0 Å². The fourth-order valence-electron chi connectivity index (χ4n) is 0. The van der Waals surface area contributed by atoms with Gasteiger partial charge in [0.15, 0.2) is 8.38 Å². The first-order valence-corrected chi connectivity index (χ1v) is 3.13. The molecule has 0 spiro atoms. The van der Waals surface area contributed by atoms with Crippen LogP contribution in [0.4, 0.5) is 0 Å². The molecule has 0 unspecified atom stereocenters. The van der Waals surface area contributed by atoms with Crippen molar-refractivity contribution in [1.82, 2.24) is 0 Å². The summed E-state index contributed by atoms with van der Waals surface area (Å²) in [6, 6.07) is 0. The molecule has 0 aliphatic rings. The van der Waals surface area contributed by atoms with Gasteiger partial charge in [-0.1, -0.05) is 13.8 Å². The minimum atomic E-state index is -1.66. The summed E-state index contributed by atoms with van der Waals surface area (Å²) >= 11 is 0. The first kappa shape index (κ1) is 6.35. The standard InChI is InChI=1S/C3H9O2P/c1-3(2)6(4)5/h3-5H,1-2H3. The van der Waals surface area contributed by atoms with Gasteiger partial charge in [-0.3, -0.25) is 0 Å². The summed E-state index contributed by atoms with van der Waals surface area (Å²) in [6.07, 6.45) is 0. The second-order valence-corrected chi connectivity index (χ2v) is 3.09. The highest BCUT2D eigenvalue weighted by Gasteiger charge is 2.01. The lowest BCUT2D eigenvalue weighted by Crippen LogP contribution is -1.87. The fourth-order valence-corrected chi connectivity index (χ4v) is 0. The Morgan fingerprint density at radius 1 is 1.33 bits per heavy atom. The predicted molar refractivity (Wildman–Crippen MR) is 26.5 cm³/mol. The molecule has 0 aliphatic carbocycles. The van der Waals surface area contributed by atoms with Crippen LogP contribution in [0.1, 0.15) is 13.8 Å². The summed E-state index contributed by atoms with van der Waals surface area (Å²) in [5.74, 6) is 0. The molecule has 0 heterocycles. The highest BCUT2D eigenvalue weighted by Crippen LogP contribution is 2.28. The van der Waals surface area contributed by atoms with E-state index in [2.05, 4.69) is 0 Å². The third-order valence-corrected chi connectivity index (χ3v) is 1.39. The summed E-state index contributed by atoms with van der Waals surface area (Å²) in [7, 11) is -1.66. The third kappa shape index (κ3) is 2.58. The molecular formula is C3H9O2P. The Morgan fingerprint density at radius 3 is 1.50 bits per heavy atom. The average molecular weight is 108 g/mol. The van der Waals surface area contributed by atoms with E-state index in [9.17, 15) is 0 Å². The quantitative estimate of drug-likeness (QED) is 0.485. The summed E-state index contributed by atoms with van der Waals surface area (Å²) in [6.45, 7) is 3.54. The molecule has 0 aromatic rings. The van der Waals surface area contributed by atoms with Gasteiger partial charge in [-0.2, -0.15) is 0 Å². The summed E-state index contributed by atoms with van der Waals surface area (Å²) in [5.41, 5.74) is 0.0278. The lowest BCUT2D eigenvalue weighted by Gasteiger charge is -2.01. The second kappa shape index (κ2) is 2.51. The molecule has 0 radical (unpaired) electrons. The normalized spacial score (nSPS) is 11.0. The summed E-state index contributed by atoms with van der Waals surface area (Å²) < 4.78 is 0. The van der Waals surface area contributed by atoms with Gasteiger partial charge in [0.05, 0.1) is 0 Å². The van der Waals surface area contributed by atoms with Crippen LogP contribution in [0.2, 0.25) is 0 Å². The van der Waals surface area contributed by atoms with Gasteiger partial charge in [0, 0.05) is 5.66 Å². The molecule has 0 atom stereocenters. The topological polar surface area (TPSA) is 40.5 Å². The van der Waals surface area contributed by atoms with Crippen molar-refractivity contribution < 1.29 is 9.79 Å². The van der Waals surface area contributed by atoms with E-state index >= 15 is 0 Å². The monoisotopic (exact) mass is 108 g/mol. The van der Waals surface area contributed by atoms with Crippen molar-refractivity contribution in [2.45, 2.75) is 19.5 Å². The zero-order chi connectivity index (χ0) is 5.15. The van der Waals surface area contributed by atoms with E-state index in [-0.39, 0.29) is 5.66 Å². The Balaban J connectivity index is 2.99. The molecule has 2 nitrogen and oxygen atoms in total. The predicted octanol–water partition coefficient (Wildman–Crippen LogP) is 0.691. The third-order valence-electron chi connectivity index (χ3n) is 0.462. The van der Waals surface area contributed by atoms with E-state index in [1.165, 1.54) is 0 Å². The van der Waals surface area contributed by atoms with Crippen molar-refractivity contribution in [2.75, 3.05) is 0 Å². The smallest absolute Gasteiger partial charge is 0.167 e. The summed E-state index contributed by atoms with van der Waals surface area (Å²) in [5, 5.41) is 0. The van der Waals surface area contributed by atoms with Crippen molar-refractivity contribution in [3.05, 3.63) is 0 Å². The zero-order valence-electron chi connectivity index (χ0n) is 3.92. The lowest BCUT2D eigenvalue weighted by molar-refractivity contribution is 0.472. The van der Waals surface area contributed by atoms with E-state index in [0.29, 0.717) is 0 Å². The zero-order valence-corrected chi connectivity index (χ0v) is 4.81. The second-order valence-electron chi connectivity index (χ2n) is 1.41. The lowest BCUT2D eigenvalue weighted by atomic mass is 10.6. The molecule has 0 bridgehead atoms. The number of hydrogen-bond donors (Lipinski definition) is 2. The largest absolute Gasteiger partial charge is 0.350 e. The molecule has 0 aliphatic heterocycles. The molecule has 0 fully saturated rings. The molecule has 0 saturated heterocycles. The highest BCUT2D eigenvalue weighted by atomic mass is 31.2. The van der Waals surface area contributed by atoms with Gasteiger partial charge >= 0.3 is 0 Å². The molecule has 2 N–H and O–H groups in total. The Hall–Kier alpha value is 0.350. The molecule has 0 rings (SSSR count). The van der Waals surface area contributed by atoms with Crippen LogP contribution >= 0.6 is 8.38 Å². The van der Waals surface area contributed by atoms with Gasteiger partial charge in [0.25, 0.3) is 0 Å². The maximum absolute atomic E-state index is 8.25. The Bertz CT molecular complexity index is 29.8. The van der Waals surface area contributed by atoms with E-state index < -0.39 is 8.38 Å². The number of rotatable bonds is 1. The first-order valence-electron chi connectivity index (χ1n) is 1.81. The van der Waals surface area contributed by atoms with Crippen LogP contribution in [0.3, 0.4) is 0 Å². The minimum Gasteiger partial charge on any atom is -0.350 e. The van der Waals surface area contributed by atoms with Crippen LogP contribution in [-0.4, -0.2) is 15.4 Å². The molecule has 3 heteroatoms. The first-order chi connectivity index (χ1) is 2.64. The van der Waals surface area contributed by atoms with Gasteiger partial charge in [0.1, 0.15) is 0 Å². The molecular weight excluding hydrogens is 99.0 g/mol. The van der Waals surface area contributed by atoms with Crippen molar-refractivity contribution in [2.24, 2.45) is 0 Å². The van der Waals surface area contributed by atoms with E-state index in [4.69, 9.17) is 9.79 Å². The molecule has 6 heavy (non-hydrogen) atoms. The Morgan fingerprint density at radius 2 is 1.50 bits per heavy atom. The van der Waals surface area contributed by atoms with Gasteiger partial charge in [-0.15, -0.1) is 0 Å². The van der Waals surface area contributed by atoms with Crippen LogP contribution in [0.25, 0.3) is 0 Å². The van der Waals surface area contributed by atoms with E-state index in [1.54, 1.807) is 13.8 Å². The Labute approximate surface area is 38.7 Å². The molecule has 0 aromatic heterocycles. The van der Waals surface area contributed by atoms with Crippen molar-refractivity contribution in [3.63, 3.8) is 0 Å². The maximum atomic E-state index is 8.25. The molecule has 38 valence electrons. The average Bonchev–Trinajstić information content (AvgIpc) is 1.36. The molecule has 0 saturated carbocycles. The maximum Gasteiger partial charge on any atom is 0.167 e. The molecule has 0 amide bonds. The fraction of sp³-hybridized carbons (Fsp3) is 1.00. The van der Waals surface area contributed by atoms with Crippen LogP contribution < -0.4 is 0 Å². The van der Waals surface area contributed by atoms with E-state index in [1.807, 2.05) is 0 Å².